The number of benzene rings is 2. The molecule has 0 saturated heterocycles. The van der Waals surface area contributed by atoms with Crippen molar-refractivity contribution in [3.63, 3.8) is 0 Å². The van der Waals surface area contributed by atoms with Crippen molar-refractivity contribution in [2.45, 2.75) is 13.8 Å². The number of para-hydroxylation sites is 2. The van der Waals surface area contributed by atoms with Gasteiger partial charge < -0.3 is 5.32 Å². The molecule has 0 aliphatic carbocycles. The average molecular weight is 345 g/mol. The maximum atomic E-state index is 12.7. The summed E-state index contributed by atoms with van der Waals surface area (Å²) in [6.07, 6.45) is 1.72. The van der Waals surface area contributed by atoms with Gasteiger partial charge in [-0.25, -0.2) is 19.7 Å². The number of carbonyl (C=O) groups is 1. The van der Waals surface area contributed by atoms with Crippen LogP contribution in [-0.2, 0) is 0 Å². The molecule has 0 radical (unpaired) electrons. The molecule has 0 spiro atoms. The van der Waals surface area contributed by atoms with Gasteiger partial charge in [0.25, 0.3) is 0 Å². The Balaban J connectivity index is 2.08. The van der Waals surface area contributed by atoms with Gasteiger partial charge in [-0.2, -0.15) is 0 Å². The molecule has 6 heteroatoms. The normalized spacial score (nSPS) is 11.0. The summed E-state index contributed by atoms with van der Waals surface area (Å²) in [7, 11) is 1.62. The number of nitrogens with one attached hydrogen (secondary N) is 1. The molecule has 0 aliphatic heterocycles. The molecular formula is C20H19N5O. The summed E-state index contributed by atoms with van der Waals surface area (Å²) in [5.74, 6) is 0.673. The summed E-state index contributed by atoms with van der Waals surface area (Å²) < 4.78 is 1.99. The maximum absolute atomic E-state index is 12.7. The summed E-state index contributed by atoms with van der Waals surface area (Å²) in [6, 6.07) is 15.3. The molecule has 2 amide bonds. The van der Waals surface area contributed by atoms with E-state index in [0.717, 1.165) is 33.6 Å². The van der Waals surface area contributed by atoms with E-state index in [0.29, 0.717) is 5.82 Å². The molecule has 26 heavy (non-hydrogen) atoms. The van der Waals surface area contributed by atoms with Gasteiger partial charge in [-0.05, 0) is 37.6 Å². The third-order valence-corrected chi connectivity index (χ3v) is 4.46. The predicted octanol–water partition coefficient (Wildman–Crippen LogP) is 3.98. The van der Waals surface area contributed by atoms with Gasteiger partial charge >= 0.3 is 6.03 Å². The van der Waals surface area contributed by atoms with Crippen molar-refractivity contribution < 1.29 is 4.79 Å². The van der Waals surface area contributed by atoms with Gasteiger partial charge in [0.1, 0.15) is 5.82 Å². The Morgan fingerprint density at radius 1 is 1.08 bits per heavy atom. The first-order valence-corrected chi connectivity index (χ1v) is 8.42. The average Bonchev–Trinajstić information content (AvgIpc) is 3.09. The maximum Gasteiger partial charge on any atom is 0.327 e. The van der Waals surface area contributed by atoms with E-state index in [1.54, 1.807) is 18.1 Å². The van der Waals surface area contributed by atoms with Crippen molar-refractivity contribution in [2.75, 3.05) is 11.9 Å². The standard InChI is InChI=1S/C20H19N5O/c1-13-8-7-11-16-18(13)23-14(2)19-22-12-17(25(16)19)24(20(26)21-3)15-9-5-4-6-10-15/h4-12H,1-3H3,(H,21,26). The number of carbonyl (C=O) groups excluding carboxylic acids is 1. The molecule has 0 unspecified atom stereocenters. The minimum atomic E-state index is -0.228. The van der Waals surface area contributed by atoms with E-state index in [4.69, 9.17) is 4.98 Å². The highest BCUT2D eigenvalue weighted by atomic mass is 16.2. The van der Waals surface area contributed by atoms with Gasteiger partial charge in [0.15, 0.2) is 5.65 Å². The second-order valence-corrected chi connectivity index (χ2v) is 6.14. The van der Waals surface area contributed by atoms with Gasteiger partial charge in [0.2, 0.25) is 0 Å². The van der Waals surface area contributed by atoms with E-state index in [2.05, 4.69) is 10.3 Å². The molecule has 0 saturated carbocycles. The number of rotatable bonds is 2. The first-order valence-electron chi connectivity index (χ1n) is 8.42. The molecule has 0 aliphatic rings. The van der Waals surface area contributed by atoms with E-state index in [9.17, 15) is 4.79 Å². The van der Waals surface area contributed by atoms with E-state index >= 15 is 0 Å². The van der Waals surface area contributed by atoms with Crippen molar-refractivity contribution in [1.82, 2.24) is 19.7 Å². The number of amides is 2. The Hall–Kier alpha value is -3.41. The van der Waals surface area contributed by atoms with Gasteiger partial charge in [0, 0.05) is 7.05 Å². The Labute approximate surface area is 151 Å². The SMILES string of the molecule is CNC(=O)N(c1ccccc1)c1cnc2c(C)nc3c(C)cccc3n12. The zero-order valence-corrected chi connectivity index (χ0v) is 14.9. The van der Waals surface area contributed by atoms with E-state index in [1.165, 1.54) is 0 Å². The largest absolute Gasteiger partial charge is 0.340 e. The minimum Gasteiger partial charge on any atom is -0.340 e. The molecule has 130 valence electrons. The van der Waals surface area contributed by atoms with Crippen LogP contribution in [0.25, 0.3) is 16.7 Å². The molecule has 0 bridgehead atoms. The van der Waals surface area contributed by atoms with E-state index < -0.39 is 0 Å². The van der Waals surface area contributed by atoms with E-state index in [1.807, 2.05) is 66.8 Å². The van der Waals surface area contributed by atoms with Crippen molar-refractivity contribution in [3.05, 3.63) is 66.0 Å². The van der Waals surface area contributed by atoms with Crippen molar-refractivity contribution in [2.24, 2.45) is 0 Å². The Kier molecular flexibility index (Phi) is 3.80. The van der Waals surface area contributed by atoms with Crippen LogP contribution in [0.2, 0.25) is 0 Å². The quantitative estimate of drug-likeness (QED) is 0.598. The van der Waals surface area contributed by atoms with Crippen LogP contribution in [0.3, 0.4) is 0 Å². The Bertz CT molecular complexity index is 1120. The highest BCUT2D eigenvalue weighted by Crippen LogP contribution is 2.30. The fraction of sp³-hybridized carbons (Fsp3) is 0.150. The fourth-order valence-corrected chi connectivity index (χ4v) is 3.22. The number of nitrogens with zero attached hydrogens (tertiary/aromatic N) is 4. The number of anilines is 2. The summed E-state index contributed by atoms with van der Waals surface area (Å²) >= 11 is 0. The van der Waals surface area contributed by atoms with Crippen LogP contribution in [0.4, 0.5) is 16.3 Å². The molecule has 1 N–H and O–H groups in total. The lowest BCUT2D eigenvalue weighted by Gasteiger charge is -2.22. The molecular weight excluding hydrogens is 326 g/mol. The third-order valence-electron chi connectivity index (χ3n) is 4.46. The van der Waals surface area contributed by atoms with Crippen LogP contribution < -0.4 is 10.2 Å². The number of imidazole rings is 1. The summed E-state index contributed by atoms with van der Waals surface area (Å²) in [4.78, 5) is 23.6. The Morgan fingerprint density at radius 2 is 1.85 bits per heavy atom. The number of hydrogen-bond donors (Lipinski definition) is 1. The molecule has 2 heterocycles. The summed E-state index contributed by atoms with van der Waals surface area (Å²) in [6.45, 7) is 3.97. The van der Waals surface area contributed by atoms with Crippen molar-refractivity contribution in [1.29, 1.82) is 0 Å². The first kappa shape index (κ1) is 16.1. The van der Waals surface area contributed by atoms with Crippen molar-refractivity contribution >= 4 is 34.2 Å². The second-order valence-electron chi connectivity index (χ2n) is 6.14. The monoisotopic (exact) mass is 345 g/mol. The Morgan fingerprint density at radius 3 is 2.58 bits per heavy atom. The smallest absolute Gasteiger partial charge is 0.327 e. The fourth-order valence-electron chi connectivity index (χ4n) is 3.22. The highest BCUT2D eigenvalue weighted by molar-refractivity contribution is 5.99. The molecule has 0 atom stereocenters. The van der Waals surface area contributed by atoms with Gasteiger partial charge in [-0.1, -0.05) is 30.3 Å². The lowest BCUT2D eigenvalue weighted by Crippen LogP contribution is -2.35. The minimum absolute atomic E-state index is 0.228. The van der Waals surface area contributed by atoms with E-state index in [-0.39, 0.29) is 6.03 Å². The first-order chi connectivity index (χ1) is 12.6. The summed E-state index contributed by atoms with van der Waals surface area (Å²) in [5.41, 5.74) is 5.23. The second kappa shape index (κ2) is 6.15. The van der Waals surface area contributed by atoms with Crippen LogP contribution in [-0.4, -0.2) is 27.4 Å². The van der Waals surface area contributed by atoms with Crippen LogP contribution in [0.5, 0.6) is 0 Å². The van der Waals surface area contributed by atoms with Crippen LogP contribution in [0, 0.1) is 13.8 Å². The van der Waals surface area contributed by atoms with Gasteiger partial charge in [-0.15, -0.1) is 0 Å². The van der Waals surface area contributed by atoms with Crippen LogP contribution >= 0.6 is 0 Å². The van der Waals surface area contributed by atoms with Crippen LogP contribution in [0.15, 0.2) is 54.7 Å². The molecule has 4 rings (SSSR count). The zero-order chi connectivity index (χ0) is 18.3. The number of urea groups is 1. The lowest BCUT2D eigenvalue weighted by atomic mass is 10.2. The van der Waals surface area contributed by atoms with Crippen molar-refractivity contribution in [3.8, 4) is 0 Å². The van der Waals surface area contributed by atoms with Crippen LogP contribution in [0.1, 0.15) is 11.3 Å². The van der Waals surface area contributed by atoms with Gasteiger partial charge in [-0.3, -0.25) is 4.40 Å². The molecule has 6 nitrogen and oxygen atoms in total. The number of hydrogen-bond acceptors (Lipinski definition) is 3. The van der Waals surface area contributed by atoms with Gasteiger partial charge in [0.05, 0.1) is 28.6 Å². The number of aromatic nitrogens is 3. The number of aryl methyl sites for hydroxylation is 2. The summed E-state index contributed by atoms with van der Waals surface area (Å²) in [5, 5.41) is 2.72. The lowest BCUT2D eigenvalue weighted by molar-refractivity contribution is 0.250. The third kappa shape index (κ3) is 2.38. The topological polar surface area (TPSA) is 62.5 Å². The molecule has 4 aromatic rings. The highest BCUT2D eigenvalue weighted by Gasteiger charge is 2.22. The molecule has 2 aromatic heterocycles. The number of fused-ring (bicyclic) bond motifs is 3. The zero-order valence-electron chi connectivity index (χ0n) is 14.9. The molecule has 0 fully saturated rings. The predicted molar refractivity (Wildman–Crippen MR) is 103 cm³/mol. The molecule has 2 aromatic carbocycles.